The van der Waals surface area contributed by atoms with Crippen molar-refractivity contribution in [3.63, 3.8) is 0 Å². The largest absolute Gasteiger partial charge is 0.330 e. The second kappa shape index (κ2) is 4.56. The Kier molecular flexibility index (Phi) is 2.68. The van der Waals surface area contributed by atoms with Gasteiger partial charge in [0.25, 0.3) is 0 Å². The molecule has 4 nitrogen and oxygen atoms in total. The lowest BCUT2D eigenvalue weighted by Gasteiger charge is -2.09. The fourth-order valence-electron chi connectivity index (χ4n) is 3.53. The summed E-state index contributed by atoms with van der Waals surface area (Å²) in [6.07, 6.45) is 6.90. The molecule has 4 rings (SSSR count). The van der Waals surface area contributed by atoms with Gasteiger partial charge in [0.15, 0.2) is 0 Å². The van der Waals surface area contributed by atoms with Crippen molar-refractivity contribution in [2.45, 2.75) is 31.6 Å². The van der Waals surface area contributed by atoms with Crippen molar-refractivity contribution in [1.82, 2.24) is 14.5 Å². The van der Waals surface area contributed by atoms with Crippen molar-refractivity contribution in [3.8, 4) is 6.07 Å². The maximum absolute atomic E-state index is 9.12. The molecule has 2 heterocycles. The molecule has 104 valence electrons. The van der Waals surface area contributed by atoms with Gasteiger partial charge >= 0.3 is 0 Å². The van der Waals surface area contributed by atoms with Crippen molar-refractivity contribution < 1.29 is 0 Å². The maximum atomic E-state index is 9.12. The van der Waals surface area contributed by atoms with Gasteiger partial charge < -0.3 is 4.57 Å². The number of fused-ring (bicyclic) bond motifs is 3. The molecule has 1 fully saturated rings. The van der Waals surface area contributed by atoms with Crippen LogP contribution in [0.25, 0.3) is 21.9 Å². The van der Waals surface area contributed by atoms with E-state index in [2.05, 4.69) is 22.7 Å². The van der Waals surface area contributed by atoms with Gasteiger partial charge in [-0.2, -0.15) is 5.26 Å². The molecule has 1 saturated carbocycles. The molecule has 0 spiro atoms. The first-order valence-corrected chi connectivity index (χ1v) is 7.43. The summed E-state index contributed by atoms with van der Waals surface area (Å²) >= 11 is 0. The van der Waals surface area contributed by atoms with Crippen LogP contribution in [0.5, 0.6) is 0 Å². The topological polar surface area (TPSA) is 54.5 Å². The van der Waals surface area contributed by atoms with E-state index in [0.29, 0.717) is 11.5 Å². The van der Waals surface area contributed by atoms with Crippen LogP contribution in [-0.4, -0.2) is 14.5 Å². The third-order valence-corrected chi connectivity index (χ3v) is 4.58. The molecule has 0 saturated heterocycles. The van der Waals surface area contributed by atoms with Gasteiger partial charge in [-0.15, -0.1) is 0 Å². The Labute approximate surface area is 123 Å². The number of hydrogen-bond acceptors (Lipinski definition) is 3. The molecule has 0 N–H and O–H groups in total. The second-order valence-corrected chi connectivity index (χ2v) is 5.85. The first-order chi connectivity index (χ1) is 10.3. The Hall–Kier alpha value is -2.41. The van der Waals surface area contributed by atoms with E-state index in [1.54, 1.807) is 0 Å². The van der Waals surface area contributed by atoms with E-state index >= 15 is 0 Å². The standard InChI is InChI=1S/C17H16N4/c1-21-16-13-8-11(9-18)6-7-14(13)19-10-15(16)20-17(21)12-4-2-3-5-12/h6-8,10,12H,2-5H2,1H3. The predicted molar refractivity (Wildman–Crippen MR) is 81.9 cm³/mol. The molecule has 0 radical (unpaired) electrons. The third-order valence-electron chi connectivity index (χ3n) is 4.58. The Morgan fingerprint density at radius 1 is 1.24 bits per heavy atom. The molecule has 4 heteroatoms. The van der Waals surface area contributed by atoms with Crippen LogP contribution < -0.4 is 0 Å². The Morgan fingerprint density at radius 3 is 2.81 bits per heavy atom. The number of nitriles is 1. The Balaban J connectivity index is 2.03. The van der Waals surface area contributed by atoms with Gasteiger partial charge in [0.2, 0.25) is 0 Å². The SMILES string of the molecule is Cn1c(C2CCCC2)nc2cnc3ccc(C#N)cc3c21. The van der Waals surface area contributed by atoms with Crippen molar-refractivity contribution in [2.75, 3.05) is 0 Å². The summed E-state index contributed by atoms with van der Waals surface area (Å²) in [5, 5.41) is 10.1. The van der Waals surface area contributed by atoms with Crippen LogP contribution in [0.15, 0.2) is 24.4 Å². The normalized spacial score (nSPS) is 15.8. The highest BCUT2D eigenvalue weighted by atomic mass is 15.1. The number of nitrogens with zero attached hydrogens (tertiary/aromatic N) is 4. The second-order valence-electron chi connectivity index (χ2n) is 5.85. The zero-order valence-corrected chi connectivity index (χ0v) is 12.0. The minimum absolute atomic E-state index is 0.566. The summed E-state index contributed by atoms with van der Waals surface area (Å²) in [7, 11) is 2.08. The Bertz CT molecular complexity index is 879. The van der Waals surface area contributed by atoms with Crippen LogP contribution in [0, 0.1) is 11.3 Å². The molecule has 2 aromatic heterocycles. The van der Waals surface area contributed by atoms with Crippen LogP contribution in [0.4, 0.5) is 0 Å². The zero-order chi connectivity index (χ0) is 14.4. The lowest BCUT2D eigenvalue weighted by atomic mass is 10.1. The summed E-state index contributed by atoms with van der Waals surface area (Å²) in [5.74, 6) is 1.73. The van der Waals surface area contributed by atoms with Crippen molar-refractivity contribution in [3.05, 3.63) is 35.8 Å². The fraction of sp³-hybridized carbons (Fsp3) is 0.353. The number of hydrogen-bond donors (Lipinski definition) is 0. The fourth-order valence-corrected chi connectivity index (χ4v) is 3.53. The van der Waals surface area contributed by atoms with E-state index in [1.807, 2.05) is 24.4 Å². The van der Waals surface area contributed by atoms with Crippen LogP contribution >= 0.6 is 0 Å². The Morgan fingerprint density at radius 2 is 2.05 bits per heavy atom. The molecule has 0 bridgehead atoms. The van der Waals surface area contributed by atoms with Crippen molar-refractivity contribution in [1.29, 1.82) is 5.26 Å². The summed E-state index contributed by atoms with van der Waals surface area (Å²) in [4.78, 5) is 9.30. The highest BCUT2D eigenvalue weighted by Crippen LogP contribution is 2.35. The van der Waals surface area contributed by atoms with E-state index in [-0.39, 0.29) is 0 Å². The molecule has 0 atom stereocenters. The number of pyridine rings is 1. The van der Waals surface area contributed by atoms with Crippen LogP contribution in [-0.2, 0) is 7.05 Å². The smallest absolute Gasteiger partial charge is 0.112 e. The minimum Gasteiger partial charge on any atom is -0.330 e. The zero-order valence-electron chi connectivity index (χ0n) is 12.0. The highest BCUT2D eigenvalue weighted by Gasteiger charge is 2.23. The van der Waals surface area contributed by atoms with Gasteiger partial charge in [0.05, 0.1) is 28.9 Å². The molecule has 1 aliphatic rings. The predicted octanol–water partition coefficient (Wildman–Crippen LogP) is 3.65. The van der Waals surface area contributed by atoms with E-state index in [1.165, 1.54) is 31.5 Å². The summed E-state index contributed by atoms with van der Waals surface area (Å²) < 4.78 is 2.20. The number of rotatable bonds is 1. The molecule has 1 aliphatic carbocycles. The van der Waals surface area contributed by atoms with Gasteiger partial charge in [-0.05, 0) is 31.0 Å². The lowest BCUT2D eigenvalue weighted by molar-refractivity contribution is 0.639. The number of benzene rings is 1. The number of imidazole rings is 1. The minimum atomic E-state index is 0.566. The maximum Gasteiger partial charge on any atom is 0.112 e. The van der Waals surface area contributed by atoms with Gasteiger partial charge in [0, 0.05) is 18.4 Å². The van der Waals surface area contributed by atoms with E-state index in [9.17, 15) is 0 Å². The van der Waals surface area contributed by atoms with E-state index in [4.69, 9.17) is 10.2 Å². The van der Waals surface area contributed by atoms with Gasteiger partial charge in [-0.1, -0.05) is 12.8 Å². The van der Waals surface area contributed by atoms with Crippen molar-refractivity contribution in [2.24, 2.45) is 7.05 Å². The third kappa shape index (κ3) is 1.81. The molecular weight excluding hydrogens is 260 g/mol. The first kappa shape index (κ1) is 12.3. The average Bonchev–Trinajstić information content (AvgIpc) is 3.14. The molecule has 0 aliphatic heterocycles. The van der Waals surface area contributed by atoms with Crippen molar-refractivity contribution >= 4 is 21.9 Å². The lowest BCUT2D eigenvalue weighted by Crippen LogP contribution is -2.02. The summed E-state index contributed by atoms with van der Waals surface area (Å²) in [6.45, 7) is 0. The van der Waals surface area contributed by atoms with E-state index in [0.717, 1.165) is 21.9 Å². The van der Waals surface area contributed by atoms with Crippen LogP contribution in [0.2, 0.25) is 0 Å². The van der Waals surface area contributed by atoms with E-state index < -0.39 is 0 Å². The van der Waals surface area contributed by atoms with Crippen LogP contribution in [0.1, 0.15) is 43.0 Å². The average molecular weight is 276 g/mol. The summed E-state index contributed by atoms with van der Waals surface area (Å²) in [6, 6.07) is 7.86. The molecule has 0 unspecified atom stereocenters. The van der Waals surface area contributed by atoms with Crippen LogP contribution in [0.3, 0.4) is 0 Å². The molecule has 0 amide bonds. The number of aromatic nitrogens is 3. The quantitative estimate of drug-likeness (QED) is 0.681. The molecule has 3 aromatic rings. The number of aryl methyl sites for hydroxylation is 1. The van der Waals surface area contributed by atoms with Gasteiger partial charge in [-0.3, -0.25) is 4.98 Å². The molecule has 1 aromatic carbocycles. The van der Waals surface area contributed by atoms with Gasteiger partial charge in [0.1, 0.15) is 11.3 Å². The highest BCUT2D eigenvalue weighted by molar-refractivity contribution is 6.02. The summed E-state index contributed by atoms with van der Waals surface area (Å²) in [5.41, 5.74) is 3.61. The monoisotopic (exact) mass is 276 g/mol. The molecular formula is C17H16N4. The first-order valence-electron chi connectivity index (χ1n) is 7.43. The molecule has 21 heavy (non-hydrogen) atoms. The van der Waals surface area contributed by atoms with Gasteiger partial charge in [-0.25, -0.2) is 4.98 Å².